The molecule has 1 N–H and O–H groups in total. The van der Waals surface area contributed by atoms with Gasteiger partial charge in [0.25, 0.3) is 5.56 Å². The second-order valence-corrected chi connectivity index (χ2v) is 5.92. The fraction of sp³-hybridized carbons (Fsp3) is 0.118. The van der Waals surface area contributed by atoms with Crippen LogP contribution in [0.2, 0.25) is 0 Å². The summed E-state index contributed by atoms with van der Waals surface area (Å²) >= 11 is 1.25. The van der Waals surface area contributed by atoms with E-state index in [1.165, 1.54) is 11.8 Å². The van der Waals surface area contributed by atoms with Crippen LogP contribution in [0.25, 0.3) is 10.9 Å². The average Bonchev–Trinajstić information content (AvgIpc) is 2.57. The molecule has 22 heavy (non-hydrogen) atoms. The molecule has 2 aromatic carbocycles. The molecular weight excluding hydrogens is 298 g/mol. The van der Waals surface area contributed by atoms with Crippen LogP contribution in [0.15, 0.2) is 63.1 Å². The molecule has 3 aromatic rings. The van der Waals surface area contributed by atoms with Crippen molar-refractivity contribution in [3.05, 3.63) is 58.9 Å². The summed E-state index contributed by atoms with van der Waals surface area (Å²) < 4.78 is 6.68. The van der Waals surface area contributed by atoms with E-state index in [4.69, 9.17) is 4.74 Å². The van der Waals surface area contributed by atoms with E-state index < -0.39 is 0 Å². The van der Waals surface area contributed by atoms with Gasteiger partial charge in [-0.05, 0) is 36.4 Å². The molecule has 0 saturated carbocycles. The van der Waals surface area contributed by atoms with Crippen molar-refractivity contribution in [2.75, 3.05) is 7.11 Å². The summed E-state index contributed by atoms with van der Waals surface area (Å²) in [5.74, 6) is 0.777. The maximum absolute atomic E-state index is 12.5. The highest BCUT2D eigenvalue weighted by Crippen LogP contribution is 2.36. The lowest BCUT2D eigenvalue weighted by atomic mass is 10.2. The molecule has 0 bridgehead atoms. The minimum absolute atomic E-state index is 0.0273. The maximum atomic E-state index is 12.5. The number of hydrogen-bond donors (Lipinski definition) is 1. The molecule has 0 radical (unpaired) electrons. The van der Waals surface area contributed by atoms with Crippen LogP contribution in [-0.4, -0.2) is 16.8 Å². The smallest absolute Gasteiger partial charge is 0.268 e. The van der Waals surface area contributed by atoms with Crippen molar-refractivity contribution in [1.82, 2.24) is 4.57 Å². The Kier molecular flexibility index (Phi) is 3.81. The van der Waals surface area contributed by atoms with Gasteiger partial charge in [0.2, 0.25) is 0 Å². The largest absolute Gasteiger partial charge is 0.506 e. The van der Waals surface area contributed by atoms with Gasteiger partial charge >= 0.3 is 0 Å². The molecule has 4 nitrogen and oxygen atoms in total. The van der Waals surface area contributed by atoms with Crippen LogP contribution in [0.1, 0.15) is 0 Å². The van der Waals surface area contributed by atoms with E-state index in [0.717, 1.165) is 10.6 Å². The first-order chi connectivity index (χ1) is 10.6. The number of methoxy groups -OCH3 is 1. The second-order valence-electron chi connectivity index (χ2n) is 4.84. The molecule has 0 amide bonds. The molecule has 3 rings (SSSR count). The molecule has 0 unspecified atom stereocenters. The van der Waals surface area contributed by atoms with Crippen molar-refractivity contribution in [3.63, 3.8) is 0 Å². The molecular formula is C17H15NO3S. The van der Waals surface area contributed by atoms with E-state index in [1.54, 1.807) is 18.7 Å². The van der Waals surface area contributed by atoms with E-state index in [1.807, 2.05) is 48.5 Å². The summed E-state index contributed by atoms with van der Waals surface area (Å²) in [7, 11) is 3.31. The quantitative estimate of drug-likeness (QED) is 0.805. The van der Waals surface area contributed by atoms with Gasteiger partial charge in [0.05, 0.1) is 12.6 Å². The molecule has 1 aromatic heterocycles. The molecule has 0 atom stereocenters. The lowest BCUT2D eigenvalue weighted by Gasteiger charge is -2.11. The fourth-order valence-electron chi connectivity index (χ4n) is 2.31. The summed E-state index contributed by atoms with van der Waals surface area (Å²) in [6.07, 6.45) is 0. The highest BCUT2D eigenvalue weighted by molar-refractivity contribution is 7.99. The Morgan fingerprint density at radius 3 is 2.45 bits per heavy atom. The van der Waals surface area contributed by atoms with Gasteiger partial charge in [0.1, 0.15) is 16.4 Å². The van der Waals surface area contributed by atoms with Crippen molar-refractivity contribution >= 4 is 22.7 Å². The summed E-state index contributed by atoms with van der Waals surface area (Å²) in [4.78, 5) is 13.7. The fourth-order valence-corrected chi connectivity index (χ4v) is 3.24. The first-order valence-corrected chi connectivity index (χ1v) is 7.56. The Balaban J connectivity index is 2.12. The second kappa shape index (κ2) is 5.77. The predicted octanol–water partition coefficient (Wildman–Crippen LogP) is 3.40. The number of aryl methyl sites for hydroxylation is 1. The van der Waals surface area contributed by atoms with E-state index in [2.05, 4.69) is 0 Å². The van der Waals surface area contributed by atoms with Gasteiger partial charge in [-0.1, -0.05) is 23.9 Å². The molecule has 0 fully saturated rings. The number of para-hydroxylation sites is 1. The Morgan fingerprint density at radius 2 is 1.77 bits per heavy atom. The van der Waals surface area contributed by atoms with E-state index in [-0.39, 0.29) is 11.3 Å². The van der Waals surface area contributed by atoms with Gasteiger partial charge in [0.15, 0.2) is 0 Å². The average molecular weight is 313 g/mol. The van der Waals surface area contributed by atoms with Crippen molar-refractivity contribution in [1.29, 1.82) is 0 Å². The van der Waals surface area contributed by atoms with Gasteiger partial charge in [-0.3, -0.25) is 4.79 Å². The third kappa shape index (κ3) is 2.44. The summed E-state index contributed by atoms with van der Waals surface area (Å²) in [6, 6.07) is 14.7. The van der Waals surface area contributed by atoms with Crippen LogP contribution in [0.3, 0.4) is 0 Å². The summed E-state index contributed by atoms with van der Waals surface area (Å²) in [5.41, 5.74) is 0.501. The van der Waals surface area contributed by atoms with Crippen LogP contribution in [-0.2, 0) is 7.05 Å². The summed E-state index contributed by atoms with van der Waals surface area (Å²) in [6.45, 7) is 0. The van der Waals surface area contributed by atoms with Crippen molar-refractivity contribution < 1.29 is 9.84 Å². The number of benzene rings is 2. The number of ether oxygens (including phenoxy) is 1. The highest BCUT2D eigenvalue weighted by Gasteiger charge is 2.15. The number of nitrogens with zero attached hydrogens (tertiary/aromatic N) is 1. The Hall–Kier alpha value is -2.40. The van der Waals surface area contributed by atoms with Crippen molar-refractivity contribution in [2.45, 2.75) is 9.79 Å². The number of hydrogen-bond acceptors (Lipinski definition) is 4. The minimum atomic E-state index is -0.211. The molecule has 0 aliphatic rings. The van der Waals surface area contributed by atoms with Gasteiger partial charge in [0, 0.05) is 17.3 Å². The van der Waals surface area contributed by atoms with Gasteiger partial charge < -0.3 is 14.4 Å². The van der Waals surface area contributed by atoms with Gasteiger partial charge in [-0.2, -0.15) is 0 Å². The third-order valence-electron chi connectivity index (χ3n) is 3.51. The first kappa shape index (κ1) is 14.5. The zero-order valence-corrected chi connectivity index (χ0v) is 13.1. The van der Waals surface area contributed by atoms with Crippen LogP contribution in [0, 0.1) is 0 Å². The predicted molar refractivity (Wildman–Crippen MR) is 88.0 cm³/mol. The molecule has 0 aliphatic carbocycles. The molecule has 5 heteroatoms. The number of pyridine rings is 1. The van der Waals surface area contributed by atoms with Crippen LogP contribution in [0.4, 0.5) is 0 Å². The molecule has 0 aliphatic heterocycles. The topological polar surface area (TPSA) is 51.5 Å². The lowest BCUT2D eigenvalue weighted by molar-refractivity contribution is 0.414. The minimum Gasteiger partial charge on any atom is -0.506 e. The van der Waals surface area contributed by atoms with Gasteiger partial charge in [-0.15, -0.1) is 0 Å². The zero-order valence-electron chi connectivity index (χ0n) is 12.2. The van der Waals surface area contributed by atoms with Crippen LogP contribution in [0.5, 0.6) is 11.5 Å². The van der Waals surface area contributed by atoms with Crippen molar-refractivity contribution in [3.8, 4) is 11.5 Å². The van der Waals surface area contributed by atoms with Gasteiger partial charge in [-0.25, -0.2) is 0 Å². The first-order valence-electron chi connectivity index (χ1n) is 6.74. The lowest BCUT2D eigenvalue weighted by Crippen LogP contribution is -2.18. The third-order valence-corrected chi connectivity index (χ3v) is 4.59. The standard InChI is InChI=1S/C17H15NO3S/c1-18-14-6-4-3-5-13(14)15(19)16(17(18)20)22-12-9-7-11(21-2)8-10-12/h3-10,19H,1-2H3. The highest BCUT2D eigenvalue weighted by atomic mass is 32.2. The van der Waals surface area contributed by atoms with Crippen LogP contribution < -0.4 is 10.3 Å². The molecule has 0 saturated heterocycles. The normalized spacial score (nSPS) is 10.8. The Bertz CT molecular complexity index is 885. The molecule has 1 heterocycles. The number of rotatable bonds is 3. The van der Waals surface area contributed by atoms with Crippen molar-refractivity contribution in [2.24, 2.45) is 7.05 Å². The van der Waals surface area contributed by atoms with E-state index in [0.29, 0.717) is 15.8 Å². The summed E-state index contributed by atoms with van der Waals surface area (Å²) in [5, 5.41) is 11.1. The molecule has 0 spiro atoms. The van der Waals surface area contributed by atoms with Crippen LogP contribution >= 0.6 is 11.8 Å². The number of aromatic nitrogens is 1. The maximum Gasteiger partial charge on any atom is 0.268 e. The SMILES string of the molecule is COc1ccc(Sc2c(O)c3ccccc3n(C)c2=O)cc1. The number of aromatic hydroxyl groups is 1. The monoisotopic (exact) mass is 313 g/mol. The Labute approximate surface area is 132 Å². The molecule has 112 valence electrons. The number of fused-ring (bicyclic) bond motifs is 1. The van der Waals surface area contributed by atoms with E-state index >= 15 is 0 Å². The zero-order chi connectivity index (χ0) is 15.7. The van der Waals surface area contributed by atoms with E-state index in [9.17, 15) is 9.90 Å². The Morgan fingerprint density at radius 1 is 1.09 bits per heavy atom.